The Labute approximate surface area is 100 Å². The van der Waals surface area contributed by atoms with Gasteiger partial charge >= 0.3 is 0 Å². The largest absolute Gasteiger partial charge is 0.308 e. The molecule has 0 spiro atoms. The third-order valence-electron chi connectivity index (χ3n) is 2.03. The molecule has 7 heteroatoms. The van der Waals surface area contributed by atoms with Crippen LogP contribution in [0.5, 0.6) is 0 Å². The van der Waals surface area contributed by atoms with Crippen LogP contribution in [0, 0.1) is 0 Å². The molecule has 92 valence electrons. The predicted octanol–water partition coefficient (Wildman–Crippen LogP) is 1.14. The van der Waals surface area contributed by atoms with E-state index in [4.69, 9.17) is 0 Å². The molecule has 5 nitrogen and oxygen atoms in total. The Kier molecular flexibility index (Phi) is 4.82. The van der Waals surface area contributed by atoms with E-state index >= 15 is 0 Å². The average Bonchev–Trinajstić information content (AvgIpc) is 2.59. The Morgan fingerprint density at radius 1 is 1.38 bits per heavy atom. The van der Waals surface area contributed by atoms with Crippen molar-refractivity contribution in [1.82, 2.24) is 15.5 Å². The summed E-state index contributed by atoms with van der Waals surface area (Å²) in [5.41, 5.74) is 0. The van der Waals surface area contributed by atoms with Gasteiger partial charge in [-0.1, -0.05) is 25.2 Å². The number of rotatable bonds is 6. The maximum absolute atomic E-state index is 11.1. The molecule has 0 fully saturated rings. The van der Waals surface area contributed by atoms with Gasteiger partial charge in [-0.15, -0.1) is 10.2 Å². The lowest BCUT2D eigenvalue weighted by Gasteiger charge is -2.10. The van der Waals surface area contributed by atoms with Gasteiger partial charge in [-0.3, -0.25) is 0 Å². The van der Waals surface area contributed by atoms with Crippen LogP contribution < -0.4 is 5.32 Å². The van der Waals surface area contributed by atoms with Crippen molar-refractivity contribution in [2.45, 2.75) is 32.1 Å². The number of hydrogen-bond donors (Lipinski definition) is 1. The predicted molar refractivity (Wildman–Crippen MR) is 65.2 cm³/mol. The van der Waals surface area contributed by atoms with Crippen LogP contribution in [-0.4, -0.2) is 31.4 Å². The minimum atomic E-state index is -3.02. The van der Waals surface area contributed by atoms with Crippen molar-refractivity contribution in [2.24, 2.45) is 0 Å². The van der Waals surface area contributed by atoms with Gasteiger partial charge in [0.1, 0.15) is 15.8 Å². The van der Waals surface area contributed by atoms with Gasteiger partial charge in [0.25, 0.3) is 0 Å². The first-order valence-electron chi connectivity index (χ1n) is 5.19. The van der Waals surface area contributed by atoms with E-state index in [0.717, 1.165) is 18.0 Å². The molecule has 1 atom stereocenters. The molecule has 0 saturated heterocycles. The molecule has 0 aromatic carbocycles. The van der Waals surface area contributed by atoms with Crippen LogP contribution >= 0.6 is 11.3 Å². The molecule has 1 aromatic rings. The molecule has 16 heavy (non-hydrogen) atoms. The summed E-state index contributed by atoms with van der Waals surface area (Å²) in [6, 6.07) is 0.177. The minimum absolute atomic E-state index is 0.0206. The number of hydrogen-bond acceptors (Lipinski definition) is 6. The smallest absolute Gasteiger partial charge is 0.154 e. The van der Waals surface area contributed by atoms with Crippen molar-refractivity contribution in [3.8, 4) is 0 Å². The summed E-state index contributed by atoms with van der Waals surface area (Å²) in [4.78, 5) is 0. The summed E-state index contributed by atoms with van der Waals surface area (Å²) in [5, 5.41) is 12.6. The number of aromatic nitrogens is 2. The molecule has 1 N–H and O–H groups in total. The number of sulfone groups is 1. The molecule has 0 radical (unpaired) electrons. The zero-order valence-corrected chi connectivity index (χ0v) is 11.4. The summed E-state index contributed by atoms with van der Waals surface area (Å²) >= 11 is 1.37. The highest BCUT2D eigenvalue weighted by Gasteiger charge is 2.16. The highest BCUT2D eigenvalue weighted by atomic mass is 32.2. The van der Waals surface area contributed by atoms with E-state index in [1.54, 1.807) is 0 Å². The fourth-order valence-electron chi connectivity index (χ4n) is 1.34. The van der Waals surface area contributed by atoms with Crippen LogP contribution in [0.25, 0.3) is 0 Å². The summed E-state index contributed by atoms with van der Waals surface area (Å²) < 4.78 is 22.2. The van der Waals surface area contributed by atoms with E-state index in [2.05, 4.69) is 22.4 Å². The molecule has 1 aromatic heterocycles. The van der Waals surface area contributed by atoms with Crippen molar-refractivity contribution in [3.05, 3.63) is 10.0 Å². The number of nitrogens with one attached hydrogen (secondary N) is 1. The Hall–Kier alpha value is -0.530. The van der Waals surface area contributed by atoms with E-state index < -0.39 is 9.84 Å². The van der Waals surface area contributed by atoms with Gasteiger partial charge in [0, 0.05) is 6.26 Å². The SMILES string of the molecule is CCNC(CC)c1nnc(CS(C)(=O)=O)s1. The maximum atomic E-state index is 11.1. The van der Waals surface area contributed by atoms with Crippen LogP contribution in [0.3, 0.4) is 0 Å². The van der Waals surface area contributed by atoms with Gasteiger partial charge in [0.2, 0.25) is 0 Å². The molecule has 0 amide bonds. The third-order valence-corrected chi connectivity index (χ3v) is 4.04. The molecule has 0 aliphatic carbocycles. The first-order valence-corrected chi connectivity index (χ1v) is 8.07. The topological polar surface area (TPSA) is 72.0 Å². The maximum Gasteiger partial charge on any atom is 0.154 e. The van der Waals surface area contributed by atoms with Crippen molar-refractivity contribution in [1.29, 1.82) is 0 Å². The fraction of sp³-hybridized carbons (Fsp3) is 0.778. The van der Waals surface area contributed by atoms with E-state index in [1.165, 1.54) is 17.6 Å². The Balaban J connectivity index is 2.77. The third kappa shape index (κ3) is 4.15. The van der Waals surface area contributed by atoms with Gasteiger partial charge in [-0.2, -0.15) is 0 Å². The Morgan fingerprint density at radius 2 is 2.06 bits per heavy atom. The first-order chi connectivity index (χ1) is 7.46. The molecule has 1 heterocycles. The molecule has 0 aliphatic heterocycles. The quantitative estimate of drug-likeness (QED) is 0.833. The van der Waals surface area contributed by atoms with Gasteiger partial charge < -0.3 is 5.32 Å². The lowest BCUT2D eigenvalue weighted by Crippen LogP contribution is -2.19. The average molecular weight is 263 g/mol. The standard InChI is InChI=1S/C9H17N3O2S2/c1-4-7(10-5-2)9-12-11-8(15-9)6-16(3,13)14/h7,10H,4-6H2,1-3H3. The molecule has 0 saturated carbocycles. The van der Waals surface area contributed by atoms with Gasteiger partial charge in [-0.25, -0.2) is 8.42 Å². The van der Waals surface area contributed by atoms with Gasteiger partial charge in [0.15, 0.2) is 9.84 Å². The molecule has 1 unspecified atom stereocenters. The summed E-state index contributed by atoms with van der Waals surface area (Å²) in [6.45, 7) is 4.95. The molecular formula is C9H17N3O2S2. The van der Waals surface area contributed by atoms with Gasteiger partial charge in [-0.05, 0) is 13.0 Å². The molecule has 1 rings (SSSR count). The second kappa shape index (κ2) is 5.70. The summed E-state index contributed by atoms with van der Waals surface area (Å²) in [5.74, 6) is -0.0206. The monoisotopic (exact) mass is 263 g/mol. The molecule has 0 aliphatic rings. The van der Waals surface area contributed by atoms with Crippen LogP contribution in [-0.2, 0) is 15.6 Å². The van der Waals surface area contributed by atoms with E-state index in [1.807, 2.05) is 6.92 Å². The summed E-state index contributed by atoms with van der Waals surface area (Å²) in [7, 11) is -3.02. The highest BCUT2D eigenvalue weighted by Crippen LogP contribution is 2.21. The number of nitrogens with zero attached hydrogens (tertiary/aromatic N) is 2. The molecular weight excluding hydrogens is 246 g/mol. The molecule has 0 bridgehead atoms. The Morgan fingerprint density at radius 3 is 2.56 bits per heavy atom. The van der Waals surface area contributed by atoms with Crippen molar-refractivity contribution >= 4 is 21.2 Å². The van der Waals surface area contributed by atoms with E-state index in [0.29, 0.717) is 5.01 Å². The fourth-order valence-corrected chi connectivity index (χ4v) is 3.52. The second-order valence-corrected chi connectivity index (χ2v) is 6.86. The van der Waals surface area contributed by atoms with Crippen molar-refractivity contribution < 1.29 is 8.42 Å². The van der Waals surface area contributed by atoms with E-state index in [9.17, 15) is 8.42 Å². The van der Waals surface area contributed by atoms with Crippen LogP contribution in [0.4, 0.5) is 0 Å². The van der Waals surface area contributed by atoms with Gasteiger partial charge in [0.05, 0.1) is 6.04 Å². The van der Waals surface area contributed by atoms with Crippen molar-refractivity contribution in [3.63, 3.8) is 0 Å². The van der Waals surface area contributed by atoms with Crippen molar-refractivity contribution in [2.75, 3.05) is 12.8 Å². The second-order valence-electron chi connectivity index (χ2n) is 3.62. The van der Waals surface area contributed by atoms with E-state index in [-0.39, 0.29) is 11.8 Å². The highest BCUT2D eigenvalue weighted by molar-refractivity contribution is 7.90. The zero-order chi connectivity index (χ0) is 12.2. The summed E-state index contributed by atoms with van der Waals surface area (Å²) in [6.07, 6.45) is 2.12. The minimum Gasteiger partial charge on any atom is -0.308 e. The zero-order valence-electron chi connectivity index (χ0n) is 9.73. The van der Waals surface area contributed by atoms with Crippen LogP contribution in [0.2, 0.25) is 0 Å². The normalized spacial score (nSPS) is 13.9. The lowest BCUT2D eigenvalue weighted by atomic mass is 10.2. The first kappa shape index (κ1) is 13.5. The lowest BCUT2D eigenvalue weighted by molar-refractivity contribution is 0.531. The Bertz CT molecular complexity index is 428. The van der Waals surface area contributed by atoms with Crippen LogP contribution in [0.1, 0.15) is 36.3 Å². The van der Waals surface area contributed by atoms with Crippen LogP contribution in [0.15, 0.2) is 0 Å².